The molecule has 10 nitrogen and oxygen atoms in total. The molecule has 5 rings (SSSR count). The Balaban J connectivity index is 1.46. The Hall–Kier alpha value is -4.19. The second-order valence-corrected chi connectivity index (χ2v) is 13.7. The quantitative estimate of drug-likeness (QED) is 0.0831. The molecule has 1 aromatic heterocycles. The Morgan fingerprint density at radius 3 is 2.58 bits per heavy atom. The van der Waals surface area contributed by atoms with Crippen molar-refractivity contribution >= 4 is 28.0 Å². The summed E-state index contributed by atoms with van der Waals surface area (Å²) < 4.78 is 24.2. The molecule has 0 unspecified atom stereocenters. The number of aliphatic hydroxyl groups is 4. The van der Waals surface area contributed by atoms with Gasteiger partial charge in [0, 0.05) is 23.5 Å². The molecule has 3 aromatic carbocycles. The van der Waals surface area contributed by atoms with Crippen LogP contribution in [-0.4, -0.2) is 63.2 Å². The minimum atomic E-state index is -1.12. The first-order chi connectivity index (χ1) is 23.7. The Bertz CT molecular complexity index is 1970. The molecule has 4 aromatic rings. The second-order valence-electron chi connectivity index (χ2n) is 13.7. The molecule has 268 valence electrons. The number of phenolic OH excluding ortho intramolecular Hbond substituents is 1. The average molecular weight is 689 g/mol. The van der Waals surface area contributed by atoms with E-state index < -0.39 is 41.4 Å². The predicted octanol–water partition coefficient (Wildman–Crippen LogP) is 6.02. The molecule has 0 fully saturated rings. The van der Waals surface area contributed by atoms with Crippen LogP contribution in [0.5, 0.6) is 17.2 Å². The highest BCUT2D eigenvalue weighted by Gasteiger charge is 2.35. The van der Waals surface area contributed by atoms with Gasteiger partial charge in [-0.25, -0.2) is 0 Å². The maximum Gasteiger partial charge on any atom is 0.204 e. The Morgan fingerprint density at radius 1 is 1.16 bits per heavy atom. The van der Waals surface area contributed by atoms with Gasteiger partial charge >= 0.3 is 0 Å². The zero-order valence-corrected chi connectivity index (χ0v) is 29.5. The van der Waals surface area contributed by atoms with Crippen LogP contribution in [0.25, 0.3) is 28.0 Å². The van der Waals surface area contributed by atoms with Crippen LogP contribution in [0.4, 0.5) is 0 Å². The van der Waals surface area contributed by atoms with Crippen LogP contribution in [0.2, 0.25) is 0 Å². The summed E-state index contributed by atoms with van der Waals surface area (Å²) in [4.78, 5) is 14.1. The molecule has 0 saturated heterocycles. The number of rotatable bonds is 13. The standard InChI is InChI=1S/C40H48O10/c1-8-10-27(41)28(42)15-13-23-11-9-12-30(47-7)26(23)20-49-40(5,6)32(44)18-24-14-16-29(43)33-37(46)34-31(50-39(24)33)17-22(4)38-35(34)36(45)25(19-48-38)21(2)3/h9,11-17,25,27-28,32,36,41-45H,2,8,10,18-20H2,1,3-7H3/b15-13+/t25-,27+,28-,32+,36-/m1/s1. The molecule has 5 atom stereocenters. The summed E-state index contributed by atoms with van der Waals surface area (Å²) in [6.07, 6.45) is 0.421. The first-order valence-corrected chi connectivity index (χ1v) is 16.9. The van der Waals surface area contributed by atoms with Gasteiger partial charge in [0.1, 0.15) is 33.8 Å². The molecule has 0 spiro atoms. The summed E-state index contributed by atoms with van der Waals surface area (Å²) in [6.45, 7) is 13.3. The Morgan fingerprint density at radius 2 is 1.90 bits per heavy atom. The molecule has 1 aliphatic heterocycles. The van der Waals surface area contributed by atoms with Crippen molar-refractivity contribution in [2.45, 2.75) is 90.5 Å². The van der Waals surface area contributed by atoms with Crippen molar-refractivity contribution in [1.29, 1.82) is 0 Å². The fourth-order valence-corrected chi connectivity index (χ4v) is 6.50. The van der Waals surface area contributed by atoms with E-state index in [0.29, 0.717) is 45.7 Å². The molecular formula is C40H48O10. The lowest BCUT2D eigenvalue weighted by Crippen LogP contribution is -2.40. The van der Waals surface area contributed by atoms with Gasteiger partial charge in [-0.1, -0.05) is 55.8 Å². The van der Waals surface area contributed by atoms with Crippen LogP contribution in [0.3, 0.4) is 0 Å². The summed E-state index contributed by atoms with van der Waals surface area (Å²) >= 11 is 0. The molecule has 0 aliphatic carbocycles. The fourth-order valence-electron chi connectivity index (χ4n) is 6.50. The van der Waals surface area contributed by atoms with Gasteiger partial charge in [-0.05, 0) is 69.0 Å². The molecule has 10 heteroatoms. The van der Waals surface area contributed by atoms with Crippen molar-refractivity contribution in [1.82, 2.24) is 0 Å². The number of hydrogen-bond acceptors (Lipinski definition) is 10. The van der Waals surface area contributed by atoms with Gasteiger partial charge in [0.25, 0.3) is 0 Å². The zero-order chi connectivity index (χ0) is 36.5. The zero-order valence-electron chi connectivity index (χ0n) is 29.5. The highest BCUT2D eigenvalue weighted by atomic mass is 16.5. The number of phenols is 1. The molecular weight excluding hydrogens is 640 g/mol. The van der Waals surface area contributed by atoms with Gasteiger partial charge in [0.15, 0.2) is 0 Å². The van der Waals surface area contributed by atoms with Gasteiger partial charge < -0.3 is 44.2 Å². The van der Waals surface area contributed by atoms with Crippen LogP contribution in [-0.2, 0) is 17.8 Å². The number of fused-ring (bicyclic) bond motifs is 4. The predicted molar refractivity (Wildman–Crippen MR) is 193 cm³/mol. The number of aromatic hydroxyl groups is 1. The fraction of sp³-hybridized carbons (Fsp3) is 0.425. The van der Waals surface area contributed by atoms with E-state index >= 15 is 0 Å². The van der Waals surface area contributed by atoms with Gasteiger partial charge in [-0.3, -0.25) is 4.79 Å². The van der Waals surface area contributed by atoms with E-state index in [1.807, 2.05) is 26.0 Å². The maximum atomic E-state index is 14.1. The molecule has 1 aliphatic rings. The van der Waals surface area contributed by atoms with E-state index in [-0.39, 0.29) is 47.3 Å². The van der Waals surface area contributed by atoms with E-state index in [4.69, 9.17) is 18.6 Å². The monoisotopic (exact) mass is 688 g/mol. The average Bonchev–Trinajstić information content (AvgIpc) is 3.07. The van der Waals surface area contributed by atoms with Crippen molar-refractivity contribution in [2.24, 2.45) is 5.92 Å². The Kier molecular flexibility index (Phi) is 11.1. The van der Waals surface area contributed by atoms with Crippen LogP contribution < -0.4 is 14.9 Å². The van der Waals surface area contributed by atoms with E-state index in [9.17, 15) is 30.3 Å². The Labute approximate surface area is 291 Å². The van der Waals surface area contributed by atoms with Crippen molar-refractivity contribution in [3.63, 3.8) is 0 Å². The lowest BCUT2D eigenvalue weighted by Gasteiger charge is -2.32. The van der Waals surface area contributed by atoms with Crippen LogP contribution in [0, 0.1) is 12.8 Å². The number of aliphatic hydroxyl groups excluding tert-OH is 4. The normalized spacial score (nSPS) is 18.2. The maximum absolute atomic E-state index is 14.1. The topological polar surface area (TPSA) is 159 Å². The highest BCUT2D eigenvalue weighted by Crippen LogP contribution is 2.44. The number of hydrogen-bond donors (Lipinski definition) is 5. The lowest BCUT2D eigenvalue weighted by molar-refractivity contribution is -0.108. The highest BCUT2D eigenvalue weighted by molar-refractivity contribution is 5.97. The molecule has 0 radical (unpaired) electrons. The number of ether oxygens (including phenoxy) is 3. The summed E-state index contributed by atoms with van der Waals surface area (Å²) in [7, 11) is 1.55. The van der Waals surface area contributed by atoms with Crippen molar-refractivity contribution in [3.8, 4) is 17.2 Å². The SMILES string of the molecule is C=C(C)[C@H]1COc2c(C)cc3oc4c(C[C@H](O)C(C)(C)OCc5c(/C=C/[C@@H](O)[C@@H](O)CCC)cccc5OC)ccc(O)c4c(=O)c3c2[C@@H]1O. The van der Waals surface area contributed by atoms with Crippen molar-refractivity contribution in [3.05, 3.63) is 92.7 Å². The number of benzene rings is 3. The molecule has 0 amide bonds. The van der Waals surface area contributed by atoms with Crippen molar-refractivity contribution < 1.29 is 44.2 Å². The van der Waals surface area contributed by atoms with E-state index in [2.05, 4.69) is 6.58 Å². The smallest absolute Gasteiger partial charge is 0.204 e. The van der Waals surface area contributed by atoms with Gasteiger partial charge in [0.2, 0.25) is 5.43 Å². The third-order valence-electron chi connectivity index (χ3n) is 9.71. The third kappa shape index (κ3) is 7.17. The van der Waals surface area contributed by atoms with E-state index in [0.717, 1.165) is 12.0 Å². The van der Waals surface area contributed by atoms with Gasteiger partial charge in [-0.15, -0.1) is 0 Å². The summed E-state index contributed by atoms with van der Waals surface area (Å²) in [5.41, 5.74) is 2.32. The number of aryl methyl sites for hydroxylation is 1. The minimum absolute atomic E-state index is 0.0197. The molecule has 0 bridgehead atoms. The van der Waals surface area contributed by atoms with E-state index in [1.54, 1.807) is 52.2 Å². The van der Waals surface area contributed by atoms with Crippen LogP contribution in [0.1, 0.15) is 74.5 Å². The van der Waals surface area contributed by atoms with Crippen LogP contribution >= 0.6 is 0 Å². The third-order valence-corrected chi connectivity index (χ3v) is 9.71. The van der Waals surface area contributed by atoms with Gasteiger partial charge in [-0.2, -0.15) is 0 Å². The van der Waals surface area contributed by atoms with Crippen LogP contribution in [0.15, 0.2) is 63.8 Å². The molecule has 2 heterocycles. The lowest BCUT2D eigenvalue weighted by atomic mass is 9.85. The molecule has 0 saturated carbocycles. The summed E-state index contributed by atoms with van der Waals surface area (Å²) in [5.74, 6) is 0.262. The minimum Gasteiger partial charge on any atom is -0.507 e. The summed E-state index contributed by atoms with van der Waals surface area (Å²) in [5, 5.41) is 54.4. The number of methoxy groups -OCH3 is 1. The van der Waals surface area contributed by atoms with Gasteiger partial charge in [0.05, 0.1) is 55.7 Å². The first-order valence-electron chi connectivity index (χ1n) is 16.9. The summed E-state index contributed by atoms with van der Waals surface area (Å²) in [6, 6.07) is 10.1. The second kappa shape index (κ2) is 15.0. The van der Waals surface area contributed by atoms with E-state index in [1.165, 1.54) is 12.1 Å². The largest absolute Gasteiger partial charge is 0.507 e. The molecule has 50 heavy (non-hydrogen) atoms. The molecule has 5 N–H and O–H groups in total. The first kappa shape index (κ1) is 37.1. The van der Waals surface area contributed by atoms with Crippen molar-refractivity contribution in [2.75, 3.05) is 13.7 Å².